The Morgan fingerprint density at radius 2 is 1.75 bits per heavy atom. The van der Waals surface area contributed by atoms with Crippen LogP contribution in [0.25, 0.3) is 0 Å². The van der Waals surface area contributed by atoms with Crippen LogP contribution in [0.4, 0.5) is 5.69 Å². The van der Waals surface area contributed by atoms with Crippen molar-refractivity contribution in [3.63, 3.8) is 0 Å². The Labute approximate surface area is 186 Å². The van der Waals surface area contributed by atoms with Crippen molar-refractivity contribution in [3.8, 4) is 11.8 Å². The summed E-state index contributed by atoms with van der Waals surface area (Å²) in [6, 6.07) is 17.8. The average molecular weight is 433 g/mol. The second kappa shape index (κ2) is 9.71. The number of methoxy groups -OCH3 is 2. The summed E-state index contributed by atoms with van der Waals surface area (Å²) in [6.07, 6.45) is 0. The molecule has 2 aromatic carbocycles. The van der Waals surface area contributed by atoms with Gasteiger partial charge >= 0.3 is 11.9 Å². The van der Waals surface area contributed by atoms with E-state index in [0.29, 0.717) is 23.6 Å². The first kappa shape index (κ1) is 22.4. The topological polar surface area (TPSA) is 115 Å². The van der Waals surface area contributed by atoms with Gasteiger partial charge in [0.05, 0.1) is 49.6 Å². The van der Waals surface area contributed by atoms with Gasteiger partial charge in [-0.05, 0) is 24.6 Å². The SMILES string of the molecule is CCOc1cccc(N2C(N)=C(C#N)C(c3ccccc3)C(C(=O)OC)=C2C(=O)OC)c1. The Bertz CT molecular complexity index is 1130. The molecule has 1 aliphatic rings. The molecule has 0 saturated carbocycles. The van der Waals surface area contributed by atoms with Crippen LogP contribution in [0.3, 0.4) is 0 Å². The summed E-state index contributed by atoms with van der Waals surface area (Å²) in [7, 11) is 2.41. The molecule has 0 fully saturated rings. The van der Waals surface area contributed by atoms with Crippen molar-refractivity contribution in [2.24, 2.45) is 5.73 Å². The summed E-state index contributed by atoms with van der Waals surface area (Å²) in [5, 5.41) is 10.0. The number of nitriles is 1. The number of hydrogen-bond donors (Lipinski definition) is 1. The maximum absolute atomic E-state index is 13.0. The fraction of sp³-hybridized carbons (Fsp3) is 0.208. The van der Waals surface area contributed by atoms with Crippen LogP contribution in [-0.4, -0.2) is 32.8 Å². The molecule has 2 N–H and O–H groups in total. The van der Waals surface area contributed by atoms with Gasteiger partial charge in [-0.2, -0.15) is 5.26 Å². The summed E-state index contributed by atoms with van der Waals surface area (Å²) >= 11 is 0. The van der Waals surface area contributed by atoms with Crippen LogP contribution in [-0.2, 0) is 19.1 Å². The number of ether oxygens (including phenoxy) is 3. The number of anilines is 1. The van der Waals surface area contributed by atoms with Crippen LogP contribution in [0.2, 0.25) is 0 Å². The van der Waals surface area contributed by atoms with Gasteiger partial charge in [0, 0.05) is 6.07 Å². The number of nitrogens with two attached hydrogens (primary N) is 1. The number of allylic oxidation sites excluding steroid dienone is 1. The van der Waals surface area contributed by atoms with Gasteiger partial charge in [-0.3, -0.25) is 4.90 Å². The number of hydrogen-bond acceptors (Lipinski definition) is 8. The van der Waals surface area contributed by atoms with Crippen LogP contribution in [0, 0.1) is 11.3 Å². The molecule has 0 bridgehead atoms. The van der Waals surface area contributed by atoms with Crippen molar-refractivity contribution in [1.82, 2.24) is 0 Å². The van der Waals surface area contributed by atoms with E-state index in [1.807, 2.05) is 6.92 Å². The largest absolute Gasteiger partial charge is 0.494 e. The lowest BCUT2D eigenvalue weighted by molar-refractivity contribution is -0.139. The molecule has 0 spiro atoms. The lowest BCUT2D eigenvalue weighted by atomic mass is 9.81. The van der Waals surface area contributed by atoms with E-state index >= 15 is 0 Å². The number of nitrogens with zero attached hydrogens (tertiary/aromatic N) is 2. The monoisotopic (exact) mass is 433 g/mol. The molecule has 1 atom stereocenters. The van der Waals surface area contributed by atoms with Crippen molar-refractivity contribution < 1.29 is 23.8 Å². The maximum Gasteiger partial charge on any atom is 0.355 e. The lowest BCUT2D eigenvalue weighted by Crippen LogP contribution is -2.40. The van der Waals surface area contributed by atoms with Gasteiger partial charge in [0.25, 0.3) is 0 Å². The van der Waals surface area contributed by atoms with E-state index in [1.54, 1.807) is 54.6 Å². The van der Waals surface area contributed by atoms with Crippen molar-refractivity contribution >= 4 is 17.6 Å². The van der Waals surface area contributed by atoms with Gasteiger partial charge < -0.3 is 19.9 Å². The van der Waals surface area contributed by atoms with E-state index in [9.17, 15) is 14.9 Å². The predicted molar refractivity (Wildman–Crippen MR) is 117 cm³/mol. The van der Waals surface area contributed by atoms with Crippen LogP contribution < -0.4 is 15.4 Å². The highest BCUT2D eigenvalue weighted by atomic mass is 16.5. The van der Waals surface area contributed by atoms with Gasteiger partial charge in [-0.1, -0.05) is 36.4 Å². The molecule has 164 valence electrons. The number of carbonyl (C=O) groups excluding carboxylic acids is 2. The zero-order valence-corrected chi connectivity index (χ0v) is 18.0. The summed E-state index contributed by atoms with van der Waals surface area (Å²) in [5.74, 6) is -1.94. The van der Waals surface area contributed by atoms with Crippen LogP contribution in [0.15, 0.2) is 77.3 Å². The van der Waals surface area contributed by atoms with Gasteiger partial charge in [-0.15, -0.1) is 0 Å². The molecule has 0 radical (unpaired) electrons. The highest BCUT2D eigenvalue weighted by Crippen LogP contribution is 2.43. The number of esters is 2. The number of carbonyl (C=O) groups is 2. The Morgan fingerprint density at radius 1 is 1.06 bits per heavy atom. The Morgan fingerprint density at radius 3 is 2.34 bits per heavy atom. The second-order valence-electron chi connectivity index (χ2n) is 6.77. The third-order valence-electron chi connectivity index (χ3n) is 5.00. The first-order chi connectivity index (χ1) is 15.5. The molecule has 0 aliphatic carbocycles. The molecule has 1 unspecified atom stereocenters. The third kappa shape index (κ3) is 4.01. The molecular formula is C24H23N3O5. The highest BCUT2D eigenvalue weighted by molar-refractivity contribution is 6.06. The predicted octanol–water partition coefficient (Wildman–Crippen LogP) is 2.98. The Balaban J connectivity index is 2.37. The third-order valence-corrected chi connectivity index (χ3v) is 5.00. The zero-order chi connectivity index (χ0) is 23.3. The van der Waals surface area contributed by atoms with Gasteiger partial charge in [0.15, 0.2) is 0 Å². The minimum Gasteiger partial charge on any atom is -0.494 e. The fourth-order valence-electron chi connectivity index (χ4n) is 3.66. The van der Waals surface area contributed by atoms with E-state index in [1.165, 1.54) is 19.1 Å². The van der Waals surface area contributed by atoms with Crippen LogP contribution in [0.1, 0.15) is 18.4 Å². The Kier molecular flexibility index (Phi) is 6.80. The average Bonchev–Trinajstić information content (AvgIpc) is 2.83. The maximum atomic E-state index is 13.0. The smallest absolute Gasteiger partial charge is 0.355 e. The molecular weight excluding hydrogens is 410 g/mol. The zero-order valence-electron chi connectivity index (χ0n) is 18.0. The molecule has 32 heavy (non-hydrogen) atoms. The first-order valence-corrected chi connectivity index (χ1v) is 9.86. The van der Waals surface area contributed by atoms with Crippen molar-refractivity contribution in [2.75, 3.05) is 25.7 Å². The van der Waals surface area contributed by atoms with Crippen LogP contribution >= 0.6 is 0 Å². The van der Waals surface area contributed by atoms with E-state index in [0.717, 1.165) is 0 Å². The molecule has 0 aromatic heterocycles. The molecule has 1 heterocycles. The van der Waals surface area contributed by atoms with Crippen molar-refractivity contribution in [3.05, 3.63) is 82.8 Å². The fourth-order valence-corrected chi connectivity index (χ4v) is 3.66. The summed E-state index contributed by atoms with van der Waals surface area (Å²) in [6.45, 7) is 2.27. The van der Waals surface area contributed by atoms with E-state index in [2.05, 4.69) is 6.07 Å². The summed E-state index contributed by atoms with van der Waals surface area (Å²) < 4.78 is 15.6. The van der Waals surface area contributed by atoms with E-state index in [-0.39, 0.29) is 22.7 Å². The minimum atomic E-state index is -0.908. The van der Waals surface area contributed by atoms with Gasteiger partial charge in [0.1, 0.15) is 17.3 Å². The highest BCUT2D eigenvalue weighted by Gasteiger charge is 2.43. The molecule has 0 amide bonds. The first-order valence-electron chi connectivity index (χ1n) is 9.86. The van der Waals surface area contributed by atoms with E-state index < -0.39 is 17.9 Å². The number of benzene rings is 2. The van der Waals surface area contributed by atoms with Crippen molar-refractivity contribution in [2.45, 2.75) is 12.8 Å². The number of rotatable bonds is 6. The standard InChI is InChI=1S/C24H23N3O5/c1-4-32-17-12-8-11-16(13-17)27-21(24(29)31-3)20(23(28)30-2)19(18(14-25)22(27)26)15-9-6-5-7-10-15/h5-13,19H,4,26H2,1-3H3. The Hall–Kier alpha value is -4.25. The quantitative estimate of drug-likeness (QED) is 0.692. The van der Waals surface area contributed by atoms with Gasteiger partial charge in [0.2, 0.25) is 0 Å². The van der Waals surface area contributed by atoms with E-state index in [4.69, 9.17) is 19.9 Å². The normalized spacial score (nSPS) is 15.8. The summed E-state index contributed by atoms with van der Waals surface area (Å²) in [4.78, 5) is 27.3. The van der Waals surface area contributed by atoms with Crippen LogP contribution in [0.5, 0.6) is 5.75 Å². The molecule has 3 rings (SSSR count). The minimum absolute atomic E-state index is 0.00283. The molecule has 1 aliphatic heterocycles. The molecule has 8 nitrogen and oxygen atoms in total. The molecule has 0 saturated heterocycles. The van der Waals surface area contributed by atoms with Crippen molar-refractivity contribution in [1.29, 1.82) is 5.26 Å². The lowest BCUT2D eigenvalue weighted by Gasteiger charge is -2.36. The molecule has 8 heteroatoms. The molecule has 2 aromatic rings. The van der Waals surface area contributed by atoms with Gasteiger partial charge in [-0.25, -0.2) is 9.59 Å². The second-order valence-corrected chi connectivity index (χ2v) is 6.77. The summed E-state index contributed by atoms with van der Waals surface area (Å²) in [5.41, 5.74) is 7.42.